The third-order valence-corrected chi connectivity index (χ3v) is 2.67. The van der Waals surface area contributed by atoms with Crippen LogP contribution in [0.4, 0.5) is 0 Å². The van der Waals surface area contributed by atoms with Crippen LogP contribution >= 0.6 is 0 Å². The van der Waals surface area contributed by atoms with Crippen molar-refractivity contribution in [3.8, 4) is 5.75 Å². The minimum atomic E-state index is -0.268. The first-order chi connectivity index (χ1) is 8.59. The van der Waals surface area contributed by atoms with Crippen LogP contribution in [0.3, 0.4) is 0 Å². The molecule has 90 valence electrons. The number of aromatic hydroxyl groups is 1. The van der Waals surface area contributed by atoms with Crippen LogP contribution < -0.4 is 0 Å². The zero-order valence-corrected chi connectivity index (χ0v) is 9.88. The van der Waals surface area contributed by atoms with E-state index in [-0.39, 0.29) is 22.9 Å². The second-order valence-corrected chi connectivity index (χ2v) is 3.98. The molecule has 0 unspecified atom stereocenters. The maximum absolute atomic E-state index is 12.1. The molecule has 1 N–H and O–H groups in total. The third-order valence-electron chi connectivity index (χ3n) is 2.67. The minimum Gasteiger partial charge on any atom is -0.507 e. The monoisotopic (exact) mass is 240 g/mol. The average Bonchev–Trinajstić information content (AvgIpc) is 2.39. The van der Waals surface area contributed by atoms with Gasteiger partial charge in [0.1, 0.15) is 5.75 Å². The molecular formula is C15H12O3. The highest BCUT2D eigenvalue weighted by atomic mass is 16.3. The van der Waals surface area contributed by atoms with Gasteiger partial charge in [-0.2, -0.15) is 0 Å². The van der Waals surface area contributed by atoms with Gasteiger partial charge in [-0.25, -0.2) is 0 Å². The molecule has 2 aromatic rings. The lowest BCUT2D eigenvalue weighted by Crippen LogP contribution is -2.03. The molecule has 0 aromatic heterocycles. The second-order valence-electron chi connectivity index (χ2n) is 3.98. The Bertz CT molecular complexity index is 600. The Morgan fingerprint density at radius 2 is 1.61 bits per heavy atom. The predicted octanol–water partition coefficient (Wildman–Crippen LogP) is 2.83. The van der Waals surface area contributed by atoms with Crippen LogP contribution in [-0.2, 0) is 0 Å². The van der Waals surface area contributed by atoms with E-state index in [9.17, 15) is 14.7 Å². The van der Waals surface area contributed by atoms with Gasteiger partial charge in [0.05, 0.1) is 5.56 Å². The van der Waals surface area contributed by atoms with Crippen molar-refractivity contribution in [2.75, 3.05) is 0 Å². The molecule has 0 heterocycles. The molecule has 0 saturated carbocycles. The van der Waals surface area contributed by atoms with Crippen LogP contribution in [-0.4, -0.2) is 16.7 Å². The predicted molar refractivity (Wildman–Crippen MR) is 68.0 cm³/mol. The Morgan fingerprint density at radius 1 is 0.944 bits per heavy atom. The number of ketones is 2. The van der Waals surface area contributed by atoms with Gasteiger partial charge in [-0.15, -0.1) is 0 Å². The fourth-order valence-corrected chi connectivity index (χ4v) is 1.72. The first-order valence-corrected chi connectivity index (χ1v) is 5.53. The Hall–Kier alpha value is -2.42. The van der Waals surface area contributed by atoms with E-state index in [1.807, 2.05) is 6.07 Å². The van der Waals surface area contributed by atoms with Crippen molar-refractivity contribution in [2.24, 2.45) is 0 Å². The number of carbonyl (C=O) groups is 2. The van der Waals surface area contributed by atoms with E-state index >= 15 is 0 Å². The van der Waals surface area contributed by atoms with E-state index in [1.165, 1.54) is 25.1 Å². The Labute approximate surface area is 105 Å². The fraction of sp³-hybridized carbons (Fsp3) is 0.0667. The Kier molecular flexibility index (Phi) is 3.24. The summed E-state index contributed by atoms with van der Waals surface area (Å²) >= 11 is 0. The van der Waals surface area contributed by atoms with Gasteiger partial charge in [-0.1, -0.05) is 30.3 Å². The van der Waals surface area contributed by atoms with Gasteiger partial charge >= 0.3 is 0 Å². The molecule has 18 heavy (non-hydrogen) atoms. The highest BCUT2D eigenvalue weighted by Gasteiger charge is 2.13. The number of hydrogen-bond donors (Lipinski definition) is 1. The standard InChI is InChI=1S/C15H12O3/c1-10(16)13-9-12(7-8-14(13)17)15(18)11-5-3-2-4-6-11/h2-9,17H,1H3. The molecule has 0 spiro atoms. The smallest absolute Gasteiger partial charge is 0.193 e. The van der Waals surface area contributed by atoms with Gasteiger partial charge in [0, 0.05) is 11.1 Å². The van der Waals surface area contributed by atoms with Crippen molar-refractivity contribution in [3.63, 3.8) is 0 Å². The highest BCUT2D eigenvalue weighted by Crippen LogP contribution is 2.20. The topological polar surface area (TPSA) is 54.4 Å². The SMILES string of the molecule is CC(=O)c1cc(C(=O)c2ccccc2)ccc1O. The van der Waals surface area contributed by atoms with E-state index < -0.39 is 0 Å². The van der Waals surface area contributed by atoms with Crippen LogP contribution in [0.1, 0.15) is 33.2 Å². The molecule has 0 aliphatic heterocycles. The van der Waals surface area contributed by atoms with Gasteiger partial charge < -0.3 is 5.11 Å². The molecular weight excluding hydrogens is 228 g/mol. The summed E-state index contributed by atoms with van der Waals surface area (Å²) in [6.45, 7) is 1.35. The van der Waals surface area contributed by atoms with Gasteiger partial charge in [-0.05, 0) is 25.1 Å². The molecule has 0 aliphatic carbocycles. The van der Waals surface area contributed by atoms with Gasteiger partial charge in [0.2, 0.25) is 0 Å². The number of hydrogen-bond acceptors (Lipinski definition) is 3. The molecule has 0 radical (unpaired) electrons. The molecule has 0 bridgehead atoms. The molecule has 0 fully saturated rings. The lowest BCUT2D eigenvalue weighted by Gasteiger charge is -2.05. The zero-order valence-electron chi connectivity index (χ0n) is 9.88. The molecule has 2 rings (SSSR count). The van der Waals surface area contributed by atoms with Crippen LogP contribution in [0.15, 0.2) is 48.5 Å². The summed E-state index contributed by atoms with van der Waals surface area (Å²) in [5.41, 5.74) is 1.11. The summed E-state index contributed by atoms with van der Waals surface area (Å²) in [5, 5.41) is 9.53. The molecule has 3 nitrogen and oxygen atoms in total. The van der Waals surface area contributed by atoms with E-state index in [1.54, 1.807) is 24.3 Å². The normalized spacial score (nSPS) is 10.1. The molecule has 0 saturated heterocycles. The molecule has 0 amide bonds. The first-order valence-electron chi connectivity index (χ1n) is 5.53. The number of carbonyl (C=O) groups excluding carboxylic acids is 2. The van der Waals surface area contributed by atoms with Crippen molar-refractivity contribution in [3.05, 3.63) is 65.2 Å². The summed E-state index contributed by atoms with van der Waals surface area (Å²) in [6.07, 6.45) is 0. The van der Waals surface area contributed by atoms with Gasteiger partial charge in [0.25, 0.3) is 0 Å². The van der Waals surface area contributed by atoms with E-state index in [4.69, 9.17) is 0 Å². The maximum Gasteiger partial charge on any atom is 0.193 e. The van der Waals surface area contributed by atoms with Gasteiger partial charge in [-0.3, -0.25) is 9.59 Å². The van der Waals surface area contributed by atoms with Crippen molar-refractivity contribution >= 4 is 11.6 Å². The van der Waals surface area contributed by atoms with E-state index in [0.717, 1.165) is 0 Å². The molecule has 2 aromatic carbocycles. The van der Waals surface area contributed by atoms with Gasteiger partial charge in [0.15, 0.2) is 11.6 Å². The Balaban J connectivity index is 2.44. The first kappa shape index (κ1) is 12.0. The van der Waals surface area contributed by atoms with Crippen LogP contribution in [0.2, 0.25) is 0 Å². The minimum absolute atomic E-state index is 0.105. The summed E-state index contributed by atoms with van der Waals surface area (Å²) in [4.78, 5) is 23.4. The number of Topliss-reactive ketones (excluding diaryl/α,β-unsaturated/α-hetero) is 1. The third kappa shape index (κ3) is 2.30. The van der Waals surface area contributed by atoms with Crippen LogP contribution in [0.5, 0.6) is 5.75 Å². The second kappa shape index (κ2) is 4.84. The zero-order chi connectivity index (χ0) is 13.1. The van der Waals surface area contributed by atoms with Crippen molar-refractivity contribution < 1.29 is 14.7 Å². The highest BCUT2D eigenvalue weighted by molar-refractivity contribution is 6.10. The van der Waals surface area contributed by atoms with Crippen LogP contribution in [0, 0.1) is 0 Å². The van der Waals surface area contributed by atoms with Crippen LogP contribution in [0.25, 0.3) is 0 Å². The molecule has 0 aliphatic rings. The Morgan fingerprint density at radius 3 is 2.22 bits per heavy atom. The summed E-state index contributed by atoms with van der Waals surface area (Å²) in [5.74, 6) is -0.541. The average molecular weight is 240 g/mol. The van der Waals surface area contributed by atoms with Crippen molar-refractivity contribution in [2.45, 2.75) is 6.92 Å². The lowest BCUT2D eigenvalue weighted by atomic mass is 9.99. The van der Waals surface area contributed by atoms with Crippen molar-refractivity contribution in [1.29, 1.82) is 0 Å². The molecule has 0 atom stereocenters. The summed E-state index contributed by atoms with van der Waals surface area (Å²) < 4.78 is 0. The summed E-state index contributed by atoms with van der Waals surface area (Å²) in [6, 6.07) is 13.1. The fourth-order valence-electron chi connectivity index (χ4n) is 1.72. The van der Waals surface area contributed by atoms with Crippen molar-refractivity contribution in [1.82, 2.24) is 0 Å². The quantitative estimate of drug-likeness (QED) is 0.839. The number of phenols is 1. The van der Waals surface area contributed by atoms with E-state index in [0.29, 0.717) is 11.1 Å². The van der Waals surface area contributed by atoms with E-state index in [2.05, 4.69) is 0 Å². The summed E-state index contributed by atoms with van der Waals surface area (Å²) in [7, 11) is 0. The largest absolute Gasteiger partial charge is 0.507 e. The molecule has 3 heteroatoms. The maximum atomic E-state index is 12.1. The number of benzene rings is 2. The number of rotatable bonds is 3. The number of phenolic OH excluding ortho intramolecular Hbond substituents is 1. The lowest BCUT2D eigenvalue weighted by molar-refractivity contribution is 0.101.